The number of nitrogens with zero attached hydrogens (tertiary/aromatic N) is 2. The number of H-pyrrole nitrogens is 1. The molecule has 2 heterocycles. The number of hydrogen-bond donors (Lipinski definition) is 2. The lowest BCUT2D eigenvalue weighted by Crippen LogP contribution is -2.06. The van der Waals surface area contributed by atoms with E-state index >= 15 is 0 Å². The summed E-state index contributed by atoms with van der Waals surface area (Å²) in [6.07, 6.45) is 1.46. The standard InChI is InChI=1S/C9H8N4O3S/c14-9-12-6(5-17-9)4-11-8-7(13(15)16)2-1-3-10-8/h1-3,5H,4H2,(H,10,11)(H,12,14). The molecule has 0 aliphatic carbocycles. The fourth-order valence-corrected chi connectivity index (χ4v) is 1.84. The fraction of sp³-hybridized carbons (Fsp3) is 0.111. The molecule has 0 saturated carbocycles. The monoisotopic (exact) mass is 252 g/mol. The van der Waals surface area contributed by atoms with Crippen LogP contribution in [0.15, 0.2) is 28.5 Å². The van der Waals surface area contributed by atoms with Gasteiger partial charge in [0.1, 0.15) is 0 Å². The predicted octanol–water partition coefficient (Wildman–Crippen LogP) is 1.35. The van der Waals surface area contributed by atoms with Gasteiger partial charge in [0.05, 0.1) is 11.5 Å². The van der Waals surface area contributed by atoms with Crippen molar-refractivity contribution < 1.29 is 4.92 Å². The van der Waals surface area contributed by atoms with Crippen molar-refractivity contribution in [2.45, 2.75) is 6.54 Å². The van der Waals surface area contributed by atoms with Crippen LogP contribution in [-0.2, 0) is 6.54 Å². The number of aromatic nitrogens is 2. The van der Waals surface area contributed by atoms with E-state index in [0.717, 1.165) is 11.3 Å². The third kappa shape index (κ3) is 2.67. The molecule has 2 aromatic heterocycles. The molecule has 0 aliphatic rings. The van der Waals surface area contributed by atoms with Gasteiger partial charge in [0.2, 0.25) is 5.82 Å². The van der Waals surface area contributed by atoms with E-state index < -0.39 is 4.92 Å². The minimum atomic E-state index is -0.508. The van der Waals surface area contributed by atoms with Crippen LogP contribution in [0, 0.1) is 10.1 Å². The Kier molecular flexibility index (Phi) is 3.15. The van der Waals surface area contributed by atoms with Crippen LogP contribution in [-0.4, -0.2) is 14.9 Å². The Morgan fingerprint density at radius 2 is 2.41 bits per heavy atom. The third-order valence-corrected chi connectivity index (χ3v) is 2.72. The minimum Gasteiger partial charge on any atom is -0.359 e. The van der Waals surface area contributed by atoms with E-state index in [4.69, 9.17) is 0 Å². The molecule has 0 unspecified atom stereocenters. The summed E-state index contributed by atoms with van der Waals surface area (Å²) in [6, 6.07) is 2.86. The highest BCUT2D eigenvalue weighted by Crippen LogP contribution is 2.20. The van der Waals surface area contributed by atoms with Gasteiger partial charge in [0, 0.05) is 23.3 Å². The van der Waals surface area contributed by atoms with Gasteiger partial charge in [-0.2, -0.15) is 0 Å². The van der Waals surface area contributed by atoms with Gasteiger partial charge in [-0.15, -0.1) is 0 Å². The van der Waals surface area contributed by atoms with Gasteiger partial charge in [-0.05, 0) is 6.07 Å². The highest BCUT2D eigenvalue weighted by molar-refractivity contribution is 7.07. The molecule has 0 atom stereocenters. The zero-order valence-electron chi connectivity index (χ0n) is 8.54. The number of aromatic amines is 1. The summed E-state index contributed by atoms with van der Waals surface area (Å²) in [5.74, 6) is 0.185. The number of nitrogens with one attached hydrogen (secondary N) is 2. The van der Waals surface area contributed by atoms with E-state index in [1.54, 1.807) is 5.38 Å². The number of nitro groups is 1. The molecule has 0 spiro atoms. The lowest BCUT2D eigenvalue weighted by Gasteiger charge is -2.03. The number of thiazole rings is 1. The Bertz CT molecular complexity index is 592. The molecule has 8 heteroatoms. The second-order valence-corrected chi connectivity index (χ2v) is 4.00. The maximum Gasteiger partial charge on any atom is 0.311 e. The summed E-state index contributed by atoms with van der Waals surface area (Å²) in [5.41, 5.74) is 0.574. The number of rotatable bonds is 4. The highest BCUT2D eigenvalue weighted by atomic mass is 32.1. The van der Waals surface area contributed by atoms with E-state index in [9.17, 15) is 14.9 Å². The molecule has 88 valence electrons. The number of hydrogen-bond acceptors (Lipinski definition) is 6. The van der Waals surface area contributed by atoms with Crippen molar-refractivity contribution in [1.29, 1.82) is 0 Å². The maximum absolute atomic E-state index is 10.9. The summed E-state index contributed by atoms with van der Waals surface area (Å²) >= 11 is 1.04. The first-order valence-electron chi connectivity index (χ1n) is 4.67. The van der Waals surface area contributed by atoms with Crippen molar-refractivity contribution in [2.75, 3.05) is 5.32 Å². The van der Waals surface area contributed by atoms with E-state index in [0.29, 0.717) is 5.69 Å². The molecule has 0 radical (unpaired) electrons. The summed E-state index contributed by atoms with van der Waals surface area (Å²) in [6.45, 7) is 0.288. The van der Waals surface area contributed by atoms with Crippen molar-refractivity contribution in [1.82, 2.24) is 9.97 Å². The average molecular weight is 252 g/mol. The first kappa shape index (κ1) is 11.3. The zero-order valence-corrected chi connectivity index (χ0v) is 9.36. The Morgan fingerprint density at radius 3 is 3.06 bits per heavy atom. The van der Waals surface area contributed by atoms with Crippen molar-refractivity contribution in [3.05, 3.63) is 49.2 Å². The molecule has 2 aromatic rings. The van der Waals surface area contributed by atoms with Crippen molar-refractivity contribution in [3.8, 4) is 0 Å². The van der Waals surface area contributed by atoms with Crippen molar-refractivity contribution in [2.24, 2.45) is 0 Å². The first-order valence-corrected chi connectivity index (χ1v) is 5.55. The molecule has 17 heavy (non-hydrogen) atoms. The second kappa shape index (κ2) is 4.74. The topological polar surface area (TPSA) is 101 Å². The van der Waals surface area contributed by atoms with Crippen LogP contribution in [0.1, 0.15) is 5.69 Å². The van der Waals surface area contributed by atoms with Crippen LogP contribution < -0.4 is 10.2 Å². The molecule has 0 aromatic carbocycles. The van der Waals surface area contributed by atoms with E-state index in [-0.39, 0.29) is 22.9 Å². The smallest absolute Gasteiger partial charge is 0.311 e. The van der Waals surface area contributed by atoms with Gasteiger partial charge >= 0.3 is 10.6 Å². The van der Waals surface area contributed by atoms with Gasteiger partial charge < -0.3 is 10.3 Å². The SMILES string of the molecule is O=c1[nH]c(CNc2ncccc2[N+](=O)[O-])cs1. The molecule has 7 nitrogen and oxygen atoms in total. The highest BCUT2D eigenvalue weighted by Gasteiger charge is 2.13. The predicted molar refractivity (Wildman–Crippen MR) is 63.2 cm³/mol. The summed E-state index contributed by atoms with van der Waals surface area (Å²) in [4.78, 5) is 27.4. The summed E-state index contributed by atoms with van der Waals surface area (Å²) < 4.78 is 0. The maximum atomic E-state index is 10.9. The van der Waals surface area contributed by atoms with E-state index in [2.05, 4.69) is 15.3 Å². The molecular weight excluding hydrogens is 244 g/mol. The molecule has 0 bridgehead atoms. The largest absolute Gasteiger partial charge is 0.359 e. The second-order valence-electron chi connectivity index (χ2n) is 3.16. The van der Waals surface area contributed by atoms with Crippen LogP contribution in [0.4, 0.5) is 11.5 Å². The van der Waals surface area contributed by atoms with Crippen LogP contribution in [0.2, 0.25) is 0 Å². The molecule has 2 rings (SSSR count). The Hall–Kier alpha value is -2.22. The van der Waals surface area contributed by atoms with E-state index in [1.807, 2.05) is 0 Å². The molecule has 0 fully saturated rings. The van der Waals surface area contributed by atoms with Gasteiger partial charge in [-0.3, -0.25) is 14.9 Å². The fourth-order valence-electron chi connectivity index (χ4n) is 1.26. The van der Waals surface area contributed by atoms with Crippen LogP contribution in [0.5, 0.6) is 0 Å². The van der Waals surface area contributed by atoms with Crippen LogP contribution >= 0.6 is 11.3 Å². The average Bonchev–Trinajstić information content (AvgIpc) is 2.73. The quantitative estimate of drug-likeness (QED) is 0.631. The molecule has 2 N–H and O–H groups in total. The molecule has 0 amide bonds. The van der Waals surface area contributed by atoms with Gasteiger partial charge in [-0.1, -0.05) is 11.3 Å². The summed E-state index contributed by atoms with van der Waals surface area (Å²) in [5, 5.41) is 15.2. The molecule has 0 saturated heterocycles. The Labute approximate surface area is 99.3 Å². The zero-order chi connectivity index (χ0) is 12.3. The number of anilines is 1. The lowest BCUT2D eigenvalue weighted by atomic mass is 10.4. The number of pyridine rings is 1. The van der Waals surface area contributed by atoms with E-state index in [1.165, 1.54) is 18.3 Å². The minimum absolute atomic E-state index is 0.0925. The van der Waals surface area contributed by atoms with Gasteiger partial charge in [-0.25, -0.2) is 4.98 Å². The van der Waals surface area contributed by atoms with Crippen molar-refractivity contribution in [3.63, 3.8) is 0 Å². The van der Waals surface area contributed by atoms with Gasteiger partial charge in [0.15, 0.2) is 0 Å². The Morgan fingerprint density at radius 1 is 1.59 bits per heavy atom. The molecule has 0 aliphatic heterocycles. The first-order chi connectivity index (χ1) is 8.16. The van der Waals surface area contributed by atoms with Gasteiger partial charge in [0.25, 0.3) is 0 Å². The Balaban J connectivity index is 2.14. The van der Waals surface area contributed by atoms with Crippen molar-refractivity contribution >= 4 is 22.8 Å². The third-order valence-electron chi connectivity index (χ3n) is 2.00. The lowest BCUT2D eigenvalue weighted by molar-refractivity contribution is -0.384. The van der Waals surface area contributed by atoms with Crippen LogP contribution in [0.25, 0.3) is 0 Å². The van der Waals surface area contributed by atoms with Crippen LogP contribution in [0.3, 0.4) is 0 Å². The normalized spacial score (nSPS) is 10.1. The summed E-state index contributed by atoms with van der Waals surface area (Å²) in [7, 11) is 0. The molecular formula is C9H8N4O3S.